The third-order valence-electron chi connectivity index (χ3n) is 4.24. The highest BCUT2D eigenvalue weighted by molar-refractivity contribution is 5.55. The fourth-order valence-electron chi connectivity index (χ4n) is 3.21. The summed E-state index contributed by atoms with van der Waals surface area (Å²) in [5.74, 6) is 0. The van der Waals surface area contributed by atoms with E-state index < -0.39 is 0 Å². The fraction of sp³-hybridized carbons (Fsp3) is 0.278. The Kier molecular flexibility index (Phi) is 2.96. The van der Waals surface area contributed by atoms with Gasteiger partial charge in [0.1, 0.15) is 6.54 Å². The molecule has 2 heterocycles. The van der Waals surface area contributed by atoms with Gasteiger partial charge in [-0.1, -0.05) is 42.5 Å². The number of hydrogen-bond acceptors (Lipinski definition) is 2. The monoisotopic (exact) mass is 262 g/mol. The minimum atomic E-state index is 1.02. The zero-order chi connectivity index (χ0) is 13.4. The molecule has 0 atom stereocenters. The quantitative estimate of drug-likeness (QED) is 0.778. The van der Waals surface area contributed by atoms with Crippen molar-refractivity contribution in [3.05, 3.63) is 71.8 Å². The van der Waals surface area contributed by atoms with Gasteiger partial charge in [0, 0.05) is 13.1 Å². The summed E-state index contributed by atoms with van der Waals surface area (Å²) in [6.45, 7) is 5.68. The summed E-state index contributed by atoms with van der Waals surface area (Å²) in [6.07, 6.45) is 3.51. The molecule has 2 aromatic rings. The minimum Gasteiger partial charge on any atom is -0.305 e. The Bertz CT molecular complexity index is 620. The topological polar surface area (TPSA) is 6.48 Å². The van der Waals surface area contributed by atoms with Crippen molar-refractivity contribution < 1.29 is 0 Å². The van der Waals surface area contributed by atoms with Crippen LogP contribution < -0.4 is 5.01 Å². The van der Waals surface area contributed by atoms with Gasteiger partial charge in [-0.25, -0.2) is 5.01 Å². The highest BCUT2D eigenvalue weighted by atomic mass is 15.6. The van der Waals surface area contributed by atoms with Gasteiger partial charge in [0.15, 0.2) is 0 Å². The van der Waals surface area contributed by atoms with Gasteiger partial charge >= 0.3 is 0 Å². The van der Waals surface area contributed by atoms with Crippen LogP contribution in [0.4, 0.5) is 5.69 Å². The predicted octanol–water partition coefficient (Wildman–Crippen LogP) is 3.30. The van der Waals surface area contributed by atoms with E-state index in [4.69, 9.17) is 0 Å². The number of fused-ring (bicyclic) bond motifs is 2. The molecule has 0 unspecified atom stereocenters. The van der Waals surface area contributed by atoms with E-state index in [1.54, 1.807) is 0 Å². The average Bonchev–Trinajstić information content (AvgIpc) is 2.54. The SMILES string of the molecule is [C]1c2ccccc2CCN1N1CCCc2ccccc21. The van der Waals surface area contributed by atoms with Crippen molar-refractivity contribution in [3.8, 4) is 0 Å². The summed E-state index contributed by atoms with van der Waals surface area (Å²) in [7, 11) is 0. The van der Waals surface area contributed by atoms with Crippen LogP contribution in [0.1, 0.15) is 23.1 Å². The molecule has 0 aliphatic carbocycles. The second-order valence-electron chi connectivity index (χ2n) is 5.50. The molecule has 0 spiro atoms. The van der Waals surface area contributed by atoms with Gasteiger partial charge in [0.25, 0.3) is 0 Å². The lowest BCUT2D eigenvalue weighted by atomic mass is 9.99. The van der Waals surface area contributed by atoms with Crippen molar-refractivity contribution in [2.45, 2.75) is 19.3 Å². The van der Waals surface area contributed by atoms with Crippen molar-refractivity contribution >= 4 is 5.69 Å². The Morgan fingerprint density at radius 1 is 0.800 bits per heavy atom. The molecule has 20 heavy (non-hydrogen) atoms. The Labute approximate surface area is 120 Å². The van der Waals surface area contributed by atoms with Crippen molar-refractivity contribution in [1.29, 1.82) is 0 Å². The lowest BCUT2D eigenvalue weighted by molar-refractivity contribution is 0.298. The molecule has 0 amide bonds. The highest BCUT2D eigenvalue weighted by Gasteiger charge is 2.26. The van der Waals surface area contributed by atoms with E-state index in [9.17, 15) is 0 Å². The van der Waals surface area contributed by atoms with E-state index in [1.165, 1.54) is 35.2 Å². The van der Waals surface area contributed by atoms with Crippen LogP contribution in [0.25, 0.3) is 0 Å². The number of para-hydroxylation sites is 1. The molecule has 2 aliphatic rings. The lowest BCUT2D eigenvalue weighted by Crippen LogP contribution is -2.46. The maximum Gasteiger partial charge on any atom is 0.119 e. The van der Waals surface area contributed by atoms with E-state index in [-0.39, 0.29) is 0 Å². The normalized spacial score (nSPS) is 18.5. The predicted molar refractivity (Wildman–Crippen MR) is 81.3 cm³/mol. The van der Waals surface area contributed by atoms with Gasteiger partial charge in [-0.15, -0.1) is 0 Å². The maximum absolute atomic E-state index is 3.57. The third-order valence-corrected chi connectivity index (χ3v) is 4.24. The summed E-state index contributed by atoms with van der Waals surface area (Å²) in [5, 5.41) is 4.68. The van der Waals surface area contributed by atoms with Crippen LogP contribution >= 0.6 is 0 Å². The van der Waals surface area contributed by atoms with Crippen LogP contribution in [0.2, 0.25) is 0 Å². The van der Waals surface area contributed by atoms with Crippen molar-refractivity contribution in [2.75, 3.05) is 18.1 Å². The lowest BCUT2D eigenvalue weighted by Gasteiger charge is -2.41. The van der Waals surface area contributed by atoms with E-state index in [1.807, 2.05) is 0 Å². The van der Waals surface area contributed by atoms with Crippen LogP contribution in [-0.4, -0.2) is 18.1 Å². The van der Waals surface area contributed by atoms with Gasteiger partial charge in [0.2, 0.25) is 0 Å². The molecular formula is C18H18N2. The number of benzene rings is 2. The van der Waals surface area contributed by atoms with Crippen molar-refractivity contribution in [2.24, 2.45) is 0 Å². The molecular weight excluding hydrogens is 244 g/mol. The first-order chi connectivity index (χ1) is 9.92. The van der Waals surface area contributed by atoms with Gasteiger partial charge in [-0.05, 0) is 42.0 Å². The zero-order valence-corrected chi connectivity index (χ0v) is 11.5. The van der Waals surface area contributed by atoms with E-state index >= 15 is 0 Å². The minimum absolute atomic E-state index is 1.02. The molecule has 0 fully saturated rings. The van der Waals surface area contributed by atoms with E-state index in [0.29, 0.717) is 0 Å². The molecule has 4 rings (SSSR count). The molecule has 2 aromatic carbocycles. The van der Waals surface area contributed by atoms with E-state index in [2.05, 4.69) is 65.1 Å². The summed E-state index contributed by atoms with van der Waals surface area (Å²) < 4.78 is 0. The number of hydrogen-bond donors (Lipinski definition) is 0. The number of rotatable bonds is 1. The molecule has 100 valence electrons. The Morgan fingerprint density at radius 2 is 1.60 bits per heavy atom. The van der Waals surface area contributed by atoms with Crippen molar-refractivity contribution in [3.63, 3.8) is 0 Å². The van der Waals surface area contributed by atoms with Crippen LogP contribution in [0.3, 0.4) is 0 Å². The summed E-state index contributed by atoms with van der Waals surface area (Å²) in [4.78, 5) is 0. The molecule has 0 bridgehead atoms. The van der Waals surface area contributed by atoms with Gasteiger partial charge in [0.05, 0.1) is 5.69 Å². The number of nitrogens with zero attached hydrogens (tertiary/aromatic N) is 2. The van der Waals surface area contributed by atoms with Gasteiger partial charge in [-0.2, -0.15) is 0 Å². The Hall–Kier alpha value is -1.80. The first-order valence-electron chi connectivity index (χ1n) is 7.39. The molecule has 0 saturated heterocycles. The second kappa shape index (κ2) is 4.95. The van der Waals surface area contributed by atoms with Gasteiger partial charge < -0.3 is 5.01 Å². The second-order valence-corrected chi connectivity index (χ2v) is 5.50. The summed E-state index contributed by atoms with van der Waals surface area (Å²) in [6, 6.07) is 17.3. The van der Waals surface area contributed by atoms with Crippen LogP contribution in [0.5, 0.6) is 0 Å². The Morgan fingerprint density at radius 3 is 2.55 bits per heavy atom. The number of hydrazine groups is 1. The molecule has 2 heteroatoms. The molecule has 0 N–H and O–H groups in total. The van der Waals surface area contributed by atoms with Crippen LogP contribution in [0.15, 0.2) is 48.5 Å². The van der Waals surface area contributed by atoms with Crippen molar-refractivity contribution in [1.82, 2.24) is 5.01 Å². The average molecular weight is 262 g/mol. The first-order valence-corrected chi connectivity index (χ1v) is 7.39. The third kappa shape index (κ3) is 2.01. The van der Waals surface area contributed by atoms with Crippen LogP contribution in [0, 0.1) is 6.54 Å². The fourth-order valence-corrected chi connectivity index (χ4v) is 3.21. The molecule has 2 radical (unpaired) electrons. The van der Waals surface area contributed by atoms with Gasteiger partial charge in [-0.3, -0.25) is 0 Å². The number of anilines is 1. The smallest absolute Gasteiger partial charge is 0.119 e. The molecule has 2 aliphatic heterocycles. The first kappa shape index (κ1) is 12.0. The molecule has 0 aromatic heterocycles. The highest BCUT2D eigenvalue weighted by Crippen LogP contribution is 2.31. The standard InChI is InChI=1S/C18H18N2/c1-2-8-17-14-19(13-11-15(17)6-1)20-12-5-9-16-7-3-4-10-18(16)20/h1-4,6-8,10H,5,9,11-13H2. The maximum atomic E-state index is 3.57. The van der Waals surface area contributed by atoms with E-state index in [0.717, 1.165) is 19.5 Å². The van der Waals surface area contributed by atoms with Crippen LogP contribution in [-0.2, 0) is 12.8 Å². The molecule has 2 nitrogen and oxygen atoms in total. The summed E-state index contributed by atoms with van der Waals surface area (Å²) >= 11 is 0. The largest absolute Gasteiger partial charge is 0.305 e. The summed E-state index contributed by atoms with van der Waals surface area (Å²) in [5.41, 5.74) is 5.46. The Balaban J connectivity index is 1.64. The zero-order valence-electron chi connectivity index (χ0n) is 11.5. The number of aryl methyl sites for hydroxylation is 1. The molecule has 0 saturated carbocycles.